The molecular formula is C14H22N2O5. The summed E-state index contributed by atoms with van der Waals surface area (Å²) < 4.78 is 15.6. The molecule has 1 atom stereocenters. The average Bonchev–Trinajstić information content (AvgIpc) is 2.50. The number of rotatable bonds is 9. The smallest absolute Gasteiger partial charge is 0.227 e. The quantitative estimate of drug-likeness (QED) is 0.608. The van der Waals surface area contributed by atoms with Crippen LogP contribution in [0.3, 0.4) is 0 Å². The van der Waals surface area contributed by atoms with Gasteiger partial charge in [0, 0.05) is 25.4 Å². The molecule has 0 heterocycles. The van der Waals surface area contributed by atoms with Gasteiger partial charge < -0.3 is 30.4 Å². The highest BCUT2D eigenvalue weighted by atomic mass is 16.5. The summed E-state index contributed by atoms with van der Waals surface area (Å²) in [7, 11) is 3.03. The topological polar surface area (TPSA) is 103 Å². The lowest BCUT2D eigenvalue weighted by atomic mass is 10.2. The van der Waals surface area contributed by atoms with Gasteiger partial charge in [0.25, 0.3) is 0 Å². The maximum atomic E-state index is 11.9. The van der Waals surface area contributed by atoms with Gasteiger partial charge in [-0.1, -0.05) is 0 Å². The Hall–Kier alpha value is -1.83. The third-order valence-electron chi connectivity index (χ3n) is 2.81. The molecule has 0 saturated carbocycles. The number of carbonyl (C=O) groups is 1. The lowest BCUT2D eigenvalue weighted by Crippen LogP contribution is -2.28. The van der Waals surface area contributed by atoms with Crippen molar-refractivity contribution < 1.29 is 24.1 Å². The van der Waals surface area contributed by atoms with E-state index in [0.29, 0.717) is 17.2 Å². The second kappa shape index (κ2) is 9.17. The zero-order valence-corrected chi connectivity index (χ0v) is 12.3. The van der Waals surface area contributed by atoms with Crippen LogP contribution in [0, 0.1) is 0 Å². The van der Waals surface area contributed by atoms with Crippen molar-refractivity contribution in [1.29, 1.82) is 0 Å². The first-order valence-electron chi connectivity index (χ1n) is 6.59. The van der Waals surface area contributed by atoms with Gasteiger partial charge >= 0.3 is 0 Å². The van der Waals surface area contributed by atoms with E-state index in [1.54, 1.807) is 18.2 Å². The third-order valence-corrected chi connectivity index (χ3v) is 2.81. The van der Waals surface area contributed by atoms with Crippen LogP contribution in [0.4, 0.5) is 5.69 Å². The first kappa shape index (κ1) is 17.2. The molecule has 1 unspecified atom stereocenters. The minimum absolute atomic E-state index is 0.105. The molecule has 7 nitrogen and oxygen atoms in total. The maximum absolute atomic E-state index is 11.9. The van der Waals surface area contributed by atoms with E-state index in [1.807, 2.05) is 0 Å². The largest absolute Gasteiger partial charge is 0.493 e. The monoisotopic (exact) mass is 298 g/mol. The Labute approximate surface area is 124 Å². The summed E-state index contributed by atoms with van der Waals surface area (Å²) in [4.78, 5) is 11.9. The highest BCUT2D eigenvalue weighted by Gasteiger charge is 2.13. The first-order chi connectivity index (χ1) is 10.1. The van der Waals surface area contributed by atoms with E-state index in [1.165, 1.54) is 14.2 Å². The molecule has 0 aliphatic heterocycles. The molecule has 0 aromatic heterocycles. The minimum atomic E-state index is -0.312. The molecule has 0 bridgehead atoms. The number of hydrogen-bond donors (Lipinski definition) is 3. The fraction of sp³-hybridized carbons (Fsp3) is 0.500. The number of methoxy groups -OCH3 is 2. The van der Waals surface area contributed by atoms with Gasteiger partial charge in [0.1, 0.15) is 6.61 Å². The number of nitrogens with two attached hydrogens (primary N) is 1. The Bertz CT molecular complexity index is 449. The standard InChI is InChI=1S/C14H22N2O5/c1-19-11(9-15)8-14(18)16-10-3-4-12(20-2)13(7-10)21-6-5-17/h3-4,7,11,17H,5-6,8-9,15H2,1-2H3,(H,16,18). The molecule has 1 aromatic carbocycles. The first-order valence-corrected chi connectivity index (χ1v) is 6.59. The number of aliphatic hydroxyl groups is 1. The normalized spacial score (nSPS) is 11.8. The number of amides is 1. The summed E-state index contributed by atoms with van der Waals surface area (Å²) in [5.41, 5.74) is 6.05. The van der Waals surface area contributed by atoms with Gasteiger partial charge in [-0.05, 0) is 12.1 Å². The van der Waals surface area contributed by atoms with Crippen molar-refractivity contribution in [2.75, 3.05) is 39.3 Å². The summed E-state index contributed by atoms with van der Waals surface area (Å²) >= 11 is 0. The molecule has 4 N–H and O–H groups in total. The summed E-state index contributed by atoms with van der Waals surface area (Å²) in [6.07, 6.45) is -0.139. The SMILES string of the molecule is COc1ccc(NC(=O)CC(CN)OC)cc1OCCO. The molecule has 0 aliphatic rings. The number of nitrogens with one attached hydrogen (secondary N) is 1. The summed E-state index contributed by atoms with van der Waals surface area (Å²) in [5, 5.41) is 11.5. The van der Waals surface area contributed by atoms with Crippen LogP contribution in [0.15, 0.2) is 18.2 Å². The zero-order valence-electron chi connectivity index (χ0n) is 12.3. The molecule has 1 amide bonds. The van der Waals surface area contributed by atoms with Crippen molar-refractivity contribution in [3.63, 3.8) is 0 Å². The van der Waals surface area contributed by atoms with E-state index < -0.39 is 0 Å². The van der Waals surface area contributed by atoms with E-state index in [4.69, 9.17) is 25.1 Å². The summed E-state index contributed by atoms with van der Waals surface area (Å²) in [6.45, 7) is 0.315. The van der Waals surface area contributed by atoms with Crippen LogP contribution in [-0.2, 0) is 9.53 Å². The van der Waals surface area contributed by atoms with Crippen LogP contribution in [0.5, 0.6) is 11.5 Å². The van der Waals surface area contributed by atoms with Crippen molar-refractivity contribution in [3.8, 4) is 11.5 Å². The zero-order chi connectivity index (χ0) is 15.7. The van der Waals surface area contributed by atoms with Gasteiger partial charge in [0.15, 0.2) is 11.5 Å². The Kier molecular flexibility index (Phi) is 7.52. The highest BCUT2D eigenvalue weighted by Crippen LogP contribution is 2.30. The highest BCUT2D eigenvalue weighted by molar-refractivity contribution is 5.91. The van der Waals surface area contributed by atoms with E-state index in [9.17, 15) is 4.79 Å². The number of benzene rings is 1. The predicted octanol–water partition coefficient (Wildman–Crippen LogP) is 0.369. The van der Waals surface area contributed by atoms with Gasteiger partial charge in [0.05, 0.1) is 26.2 Å². The molecule has 21 heavy (non-hydrogen) atoms. The second-order valence-electron chi connectivity index (χ2n) is 4.28. The third kappa shape index (κ3) is 5.58. The fourth-order valence-electron chi connectivity index (χ4n) is 1.70. The number of hydrogen-bond acceptors (Lipinski definition) is 6. The van der Waals surface area contributed by atoms with Crippen LogP contribution in [0.25, 0.3) is 0 Å². The van der Waals surface area contributed by atoms with Crippen molar-refractivity contribution in [1.82, 2.24) is 0 Å². The lowest BCUT2D eigenvalue weighted by molar-refractivity contribution is -0.118. The van der Waals surface area contributed by atoms with Crippen molar-refractivity contribution >= 4 is 11.6 Å². The number of anilines is 1. The second-order valence-corrected chi connectivity index (χ2v) is 4.28. The van der Waals surface area contributed by atoms with Crippen LogP contribution in [0.2, 0.25) is 0 Å². The van der Waals surface area contributed by atoms with Gasteiger partial charge in [-0.2, -0.15) is 0 Å². The Balaban J connectivity index is 2.72. The Morgan fingerprint density at radius 3 is 2.71 bits per heavy atom. The molecule has 0 fully saturated rings. The predicted molar refractivity (Wildman–Crippen MR) is 78.7 cm³/mol. The molecule has 0 radical (unpaired) electrons. The Morgan fingerprint density at radius 1 is 1.38 bits per heavy atom. The van der Waals surface area contributed by atoms with Crippen molar-refractivity contribution in [2.24, 2.45) is 5.73 Å². The molecule has 118 valence electrons. The molecule has 0 spiro atoms. The fourth-order valence-corrected chi connectivity index (χ4v) is 1.70. The Morgan fingerprint density at radius 2 is 2.14 bits per heavy atom. The van der Waals surface area contributed by atoms with Gasteiger partial charge in [-0.25, -0.2) is 0 Å². The van der Waals surface area contributed by atoms with Crippen LogP contribution in [0.1, 0.15) is 6.42 Å². The molecule has 7 heteroatoms. The van der Waals surface area contributed by atoms with Gasteiger partial charge in [-0.3, -0.25) is 4.79 Å². The summed E-state index contributed by atoms with van der Waals surface area (Å²) in [6, 6.07) is 5.02. The molecule has 0 saturated heterocycles. The van der Waals surface area contributed by atoms with Crippen LogP contribution < -0.4 is 20.5 Å². The van der Waals surface area contributed by atoms with E-state index >= 15 is 0 Å². The number of carbonyl (C=O) groups excluding carboxylic acids is 1. The molecular weight excluding hydrogens is 276 g/mol. The van der Waals surface area contributed by atoms with Crippen LogP contribution in [-0.4, -0.2) is 51.1 Å². The van der Waals surface area contributed by atoms with Crippen LogP contribution >= 0.6 is 0 Å². The minimum Gasteiger partial charge on any atom is -0.493 e. The maximum Gasteiger partial charge on any atom is 0.227 e. The molecule has 1 aromatic rings. The number of aliphatic hydroxyl groups excluding tert-OH is 1. The average molecular weight is 298 g/mol. The lowest BCUT2D eigenvalue weighted by Gasteiger charge is -2.14. The molecule has 0 aliphatic carbocycles. The van der Waals surface area contributed by atoms with E-state index in [2.05, 4.69) is 5.32 Å². The molecule has 1 rings (SSSR count). The van der Waals surface area contributed by atoms with Crippen molar-refractivity contribution in [2.45, 2.75) is 12.5 Å². The van der Waals surface area contributed by atoms with Gasteiger partial charge in [-0.15, -0.1) is 0 Å². The number of ether oxygens (including phenoxy) is 3. The van der Waals surface area contributed by atoms with E-state index in [-0.39, 0.29) is 38.2 Å². The summed E-state index contributed by atoms with van der Waals surface area (Å²) in [5.74, 6) is 0.773. The van der Waals surface area contributed by atoms with Gasteiger partial charge in [0.2, 0.25) is 5.91 Å². The van der Waals surface area contributed by atoms with E-state index in [0.717, 1.165) is 0 Å². The van der Waals surface area contributed by atoms with Crippen molar-refractivity contribution in [3.05, 3.63) is 18.2 Å².